The molecule has 2 aromatic carbocycles. The van der Waals surface area contributed by atoms with Crippen molar-refractivity contribution in [2.24, 2.45) is 17.8 Å². The predicted octanol–water partition coefficient (Wildman–Crippen LogP) is 8.01. The highest BCUT2D eigenvalue weighted by molar-refractivity contribution is 5.91. The molecule has 2 aliphatic rings. The summed E-state index contributed by atoms with van der Waals surface area (Å²) in [5, 5.41) is 0. The number of carbonyl (C=O) groups is 1. The van der Waals surface area contributed by atoms with Gasteiger partial charge < -0.3 is 4.74 Å². The fourth-order valence-electron chi connectivity index (χ4n) is 5.74. The van der Waals surface area contributed by atoms with Gasteiger partial charge in [-0.2, -0.15) is 0 Å². The molecule has 0 amide bonds. The number of esters is 1. The number of aryl methyl sites for hydroxylation is 1. The number of ether oxygens (including phenoxy) is 1. The summed E-state index contributed by atoms with van der Waals surface area (Å²) in [5.41, 5.74) is 2.37. The van der Waals surface area contributed by atoms with Gasteiger partial charge in [0, 0.05) is 6.07 Å². The zero-order valence-corrected chi connectivity index (χ0v) is 19.4. The minimum absolute atomic E-state index is 0.238. The molecule has 0 N–H and O–H groups in total. The molecular weight excluding hydrogens is 399 g/mol. The Bertz CT molecular complexity index is 946. The molecule has 2 aromatic rings. The first kappa shape index (κ1) is 22.8. The fourth-order valence-corrected chi connectivity index (χ4v) is 5.74. The van der Waals surface area contributed by atoms with E-state index in [9.17, 15) is 9.18 Å². The second-order valence-electron chi connectivity index (χ2n) is 9.78. The van der Waals surface area contributed by atoms with E-state index in [0.29, 0.717) is 17.0 Å². The van der Waals surface area contributed by atoms with Crippen LogP contribution in [0, 0.1) is 30.5 Å². The number of fused-ring (bicyclic) bond motifs is 1. The maximum atomic E-state index is 13.7. The van der Waals surface area contributed by atoms with Gasteiger partial charge in [0.25, 0.3) is 0 Å². The van der Waals surface area contributed by atoms with Crippen molar-refractivity contribution in [3.63, 3.8) is 0 Å². The molecule has 4 atom stereocenters. The van der Waals surface area contributed by atoms with E-state index in [1.807, 2.05) is 12.1 Å². The normalized spacial score (nSPS) is 25.5. The highest BCUT2D eigenvalue weighted by Crippen LogP contribution is 2.48. The van der Waals surface area contributed by atoms with Crippen LogP contribution >= 0.6 is 0 Å². The lowest BCUT2D eigenvalue weighted by Crippen LogP contribution is -2.30. The lowest BCUT2D eigenvalue weighted by Gasteiger charge is -2.42. The van der Waals surface area contributed by atoms with Gasteiger partial charge in [-0.3, -0.25) is 0 Å². The average molecular weight is 435 g/mol. The lowest BCUT2D eigenvalue weighted by atomic mass is 9.63. The first-order valence-electron chi connectivity index (χ1n) is 12.2. The van der Waals surface area contributed by atoms with Gasteiger partial charge >= 0.3 is 5.97 Å². The van der Waals surface area contributed by atoms with Crippen molar-refractivity contribution in [2.45, 2.75) is 71.1 Å². The molecule has 2 nitrogen and oxygen atoms in total. The molecule has 0 aromatic heterocycles. The molecule has 0 saturated heterocycles. The quantitative estimate of drug-likeness (QED) is 0.261. The monoisotopic (exact) mass is 434 g/mol. The van der Waals surface area contributed by atoms with E-state index in [-0.39, 0.29) is 11.6 Å². The summed E-state index contributed by atoms with van der Waals surface area (Å²) in [6.07, 6.45) is 15.1. The number of hydrogen-bond acceptors (Lipinski definition) is 2. The van der Waals surface area contributed by atoms with Crippen LogP contribution in [0.3, 0.4) is 0 Å². The standard InChI is InChI=1S/C29H35FO2/c1-3-4-5-6-21-8-9-26-18-25(15-14-24(26)17-21)22-10-12-23(13-11-22)29(31)32-27-16-7-20(2)28(30)19-27/h3-4,7,10-13,16,19,21,24-26H,5-6,8-9,14-15,17-18H2,1-2H3/b4-3+. The van der Waals surface area contributed by atoms with E-state index >= 15 is 0 Å². The Balaban J connectivity index is 1.32. The molecule has 0 bridgehead atoms. The summed E-state index contributed by atoms with van der Waals surface area (Å²) in [5.74, 6) is 2.69. The SMILES string of the molecule is C/C=C/CCC1CCC2CC(c3ccc(C(=O)Oc4ccc(C)c(F)c4)cc3)CCC2C1. The second kappa shape index (κ2) is 10.5. The van der Waals surface area contributed by atoms with E-state index in [0.717, 1.165) is 17.8 Å². The Morgan fingerprint density at radius 1 is 1.03 bits per heavy atom. The first-order chi connectivity index (χ1) is 15.5. The highest BCUT2D eigenvalue weighted by Gasteiger charge is 2.35. The van der Waals surface area contributed by atoms with Gasteiger partial charge in [-0.05, 0) is 112 Å². The largest absolute Gasteiger partial charge is 0.423 e. The van der Waals surface area contributed by atoms with Crippen molar-refractivity contribution >= 4 is 5.97 Å². The van der Waals surface area contributed by atoms with Gasteiger partial charge in [-0.25, -0.2) is 9.18 Å². The van der Waals surface area contributed by atoms with Crippen LogP contribution in [0.4, 0.5) is 4.39 Å². The van der Waals surface area contributed by atoms with Crippen LogP contribution in [0.5, 0.6) is 5.75 Å². The molecule has 2 saturated carbocycles. The smallest absolute Gasteiger partial charge is 0.343 e. The Kier molecular flexibility index (Phi) is 7.44. The van der Waals surface area contributed by atoms with E-state index in [4.69, 9.17) is 4.74 Å². The third-order valence-corrected chi connectivity index (χ3v) is 7.67. The summed E-state index contributed by atoms with van der Waals surface area (Å²) < 4.78 is 19.1. The predicted molar refractivity (Wildman–Crippen MR) is 127 cm³/mol. The molecule has 0 heterocycles. The Morgan fingerprint density at radius 3 is 2.53 bits per heavy atom. The molecule has 2 aliphatic carbocycles. The van der Waals surface area contributed by atoms with Crippen LogP contribution in [0.25, 0.3) is 0 Å². The van der Waals surface area contributed by atoms with E-state index in [1.54, 1.807) is 19.1 Å². The van der Waals surface area contributed by atoms with Gasteiger partial charge in [0.15, 0.2) is 0 Å². The van der Waals surface area contributed by atoms with Crippen LogP contribution in [0.15, 0.2) is 54.6 Å². The number of hydrogen-bond donors (Lipinski definition) is 0. The molecule has 4 unspecified atom stereocenters. The minimum Gasteiger partial charge on any atom is -0.423 e. The van der Waals surface area contributed by atoms with Gasteiger partial charge in [0.1, 0.15) is 11.6 Å². The number of carbonyl (C=O) groups excluding carboxylic acids is 1. The van der Waals surface area contributed by atoms with E-state index in [1.165, 1.54) is 63.0 Å². The zero-order valence-electron chi connectivity index (χ0n) is 19.4. The van der Waals surface area contributed by atoms with Gasteiger partial charge in [-0.15, -0.1) is 0 Å². The van der Waals surface area contributed by atoms with E-state index < -0.39 is 5.97 Å². The van der Waals surface area contributed by atoms with Gasteiger partial charge in [-0.1, -0.05) is 36.8 Å². The molecule has 2 fully saturated rings. The molecule has 32 heavy (non-hydrogen) atoms. The maximum absolute atomic E-state index is 13.7. The molecule has 170 valence electrons. The van der Waals surface area contributed by atoms with Crippen molar-refractivity contribution in [3.8, 4) is 5.75 Å². The van der Waals surface area contributed by atoms with Crippen LogP contribution in [-0.2, 0) is 0 Å². The van der Waals surface area contributed by atoms with Crippen LogP contribution in [-0.4, -0.2) is 5.97 Å². The summed E-state index contributed by atoms with van der Waals surface area (Å²) in [6.45, 7) is 3.79. The van der Waals surface area contributed by atoms with Gasteiger partial charge in [0.05, 0.1) is 5.56 Å². The summed E-state index contributed by atoms with van der Waals surface area (Å²) in [4.78, 5) is 12.5. The molecule has 0 aliphatic heterocycles. The minimum atomic E-state index is -0.445. The Hall–Kier alpha value is -2.42. The number of rotatable bonds is 6. The van der Waals surface area contributed by atoms with E-state index in [2.05, 4.69) is 31.2 Å². The third-order valence-electron chi connectivity index (χ3n) is 7.67. The zero-order chi connectivity index (χ0) is 22.5. The number of halogens is 1. The van der Waals surface area contributed by atoms with Crippen molar-refractivity contribution in [2.75, 3.05) is 0 Å². The molecule has 4 rings (SSSR count). The van der Waals surface area contributed by atoms with Crippen LogP contribution in [0.1, 0.15) is 85.7 Å². The summed E-state index contributed by atoms with van der Waals surface area (Å²) in [7, 11) is 0. The number of benzene rings is 2. The third kappa shape index (κ3) is 5.49. The topological polar surface area (TPSA) is 26.3 Å². The first-order valence-corrected chi connectivity index (χ1v) is 12.2. The summed E-state index contributed by atoms with van der Waals surface area (Å²) >= 11 is 0. The van der Waals surface area contributed by atoms with Crippen molar-refractivity contribution in [3.05, 3.63) is 77.1 Å². The van der Waals surface area contributed by atoms with Crippen LogP contribution in [0.2, 0.25) is 0 Å². The van der Waals surface area contributed by atoms with Crippen molar-refractivity contribution in [1.82, 2.24) is 0 Å². The number of allylic oxidation sites excluding steroid dienone is 2. The molecule has 0 spiro atoms. The Labute approximate surface area is 191 Å². The van der Waals surface area contributed by atoms with Crippen LogP contribution < -0.4 is 4.74 Å². The molecular formula is C29H35FO2. The average Bonchev–Trinajstić information content (AvgIpc) is 2.81. The van der Waals surface area contributed by atoms with Gasteiger partial charge in [0.2, 0.25) is 0 Å². The highest BCUT2D eigenvalue weighted by atomic mass is 19.1. The summed E-state index contributed by atoms with van der Waals surface area (Å²) in [6, 6.07) is 12.4. The van der Waals surface area contributed by atoms with Crippen molar-refractivity contribution in [1.29, 1.82) is 0 Å². The molecule has 3 heteroatoms. The van der Waals surface area contributed by atoms with Crippen molar-refractivity contribution < 1.29 is 13.9 Å². The Morgan fingerprint density at radius 2 is 1.78 bits per heavy atom. The maximum Gasteiger partial charge on any atom is 0.343 e. The molecule has 0 radical (unpaired) electrons. The second-order valence-corrected chi connectivity index (χ2v) is 9.78. The lowest BCUT2D eigenvalue weighted by molar-refractivity contribution is 0.0734. The fraction of sp³-hybridized carbons (Fsp3) is 0.483.